The monoisotopic (exact) mass is 338 g/mol. The quantitative estimate of drug-likeness (QED) is 0.880. The summed E-state index contributed by atoms with van der Waals surface area (Å²) >= 11 is 1.49. The average molecular weight is 338 g/mol. The number of amides is 1. The third-order valence-electron chi connectivity index (χ3n) is 3.24. The smallest absolute Gasteiger partial charge is 0.255 e. The number of carbonyl (C=O) groups is 1. The highest BCUT2D eigenvalue weighted by atomic mass is 32.2. The van der Waals surface area contributed by atoms with Crippen molar-refractivity contribution < 1.29 is 13.2 Å². The third kappa shape index (κ3) is 3.55. The summed E-state index contributed by atoms with van der Waals surface area (Å²) in [4.78, 5) is 12.3. The van der Waals surface area contributed by atoms with Crippen LogP contribution in [-0.2, 0) is 10.0 Å². The Labute approximate surface area is 134 Å². The van der Waals surface area contributed by atoms with Gasteiger partial charge in [0.05, 0.1) is 10.6 Å². The zero-order chi connectivity index (χ0) is 16.2. The van der Waals surface area contributed by atoms with E-state index < -0.39 is 10.0 Å². The predicted molar refractivity (Wildman–Crippen MR) is 88.8 cm³/mol. The lowest BCUT2D eigenvalue weighted by molar-refractivity contribution is 0.102. The summed E-state index contributed by atoms with van der Waals surface area (Å²) in [5.74, 6) is -0.259. The highest BCUT2D eigenvalue weighted by Crippen LogP contribution is 2.18. The molecular weight excluding hydrogens is 320 g/mol. The maximum atomic E-state index is 12.4. The Morgan fingerprint density at radius 1 is 1.14 bits per heavy atom. The maximum absolute atomic E-state index is 12.4. The van der Waals surface area contributed by atoms with E-state index in [2.05, 4.69) is 5.32 Å². The molecule has 0 atom stereocenters. The number of anilines is 1. The first-order chi connectivity index (χ1) is 10.5. The largest absolute Gasteiger partial charge is 0.321 e. The van der Waals surface area contributed by atoms with E-state index in [4.69, 9.17) is 0 Å². The number of nitrogens with one attached hydrogen (secondary N) is 1. The van der Waals surface area contributed by atoms with Gasteiger partial charge in [0.2, 0.25) is 10.0 Å². The molecule has 118 valence electrons. The minimum atomic E-state index is -3.49. The molecule has 0 saturated carbocycles. The standard InChI is InChI=1S/C15H18N2O3S2/c1-3-17(4-2)22(19,20)14-7-5-12(6-8-14)15(18)16-13-9-10-21-11-13/h5-11H,3-4H2,1-2H3,(H,16,18). The van der Waals surface area contributed by atoms with Crippen LogP contribution in [0.3, 0.4) is 0 Å². The van der Waals surface area contributed by atoms with Gasteiger partial charge in [0.25, 0.3) is 5.91 Å². The van der Waals surface area contributed by atoms with Gasteiger partial charge >= 0.3 is 0 Å². The van der Waals surface area contributed by atoms with Gasteiger partial charge in [-0.1, -0.05) is 13.8 Å². The second-order valence-electron chi connectivity index (χ2n) is 4.58. The molecule has 1 aromatic heterocycles. The molecule has 2 aromatic rings. The summed E-state index contributed by atoms with van der Waals surface area (Å²) in [6.07, 6.45) is 0. The van der Waals surface area contributed by atoms with Crippen molar-refractivity contribution >= 4 is 33.0 Å². The molecule has 0 fully saturated rings. The van der Waals surface area contributed by atoms with Gasteiger partial charge in [-0.2, -0.15) is 15.6 Å². The van der Waals surface area contributed by atoms with Gasteiger partial charge in [0, 0.05) is 24.0 Å². The molecule has 5 nitrogen and oxygen atoms in total. The first-order valence-electron chi connectivity index (χ1n) is 6.92. The molecule has 0 aliphatic rings. The van der Waals surface area contributed by atoms with Gasteiger partial charge in [0.1, 0.15) is 0 Å². The van der Waals surface area contributed by atoms with Crippen molar-refractivity contribution in [3.63, 3.8) is 0 Å². The summed E-state index contributed by atoms with van der Waals surface area (Å²) in [6, 6.07) is 7.80. The van der Waals surface area contributed by atoms with Crippen LogP contribution in [0, 0.1) is 0 Å². The summed E-state index contributed by atoms with van der Waals surface area (Å²) in [6.45, 7) is 4.42. The van der Waals surface area contributed by atoms with Crippen LogP contribution in [-0.4, -0.2) is 31.7 Å². The number of thiophene rings is 1. The molecule has 1 amide bonds. The van der Waals surface area contributed by atoms with Gasteiger partial charge in [-0.15, -0.1) is 0 Å². The van der Waals surface area contributed by atoms with Crippen molar-refractivity contribution in [2.45, 2.75) is 18.7 Å². The van der Waals surface area contributed by atoms with Crippen LogP contribution in [0.25, 0.3) is 0 Å². The molecule has 22 heavy (non-hydrogen) atoms. The molecule has 0 aliphatic carbocycles. The SMILES string of the molecule is CCN(CC)S(=O)(=O)c1ccc(C(=O)Nc2ccsc2)cc1. The summed E-state index contributed by atoms with van der Waals surface area (Å²) in [5.41, 5.74) is 1.15. The molecule has 0 bridgehead atoms. The van der Waals surface area contributed by atoms with E-state index in [1.54, 1.807) is 13.8 Å². The molecule has 1 heterocycles. The van der Waals surface area contributed by atoms with Gasteiger partial charge in [-0.05, 0) is 35.7 Å². The van der Waals surface area contributed by atoms with E-state index in [9.17, 15) is 13.2 Å². The fraction of sp³-hybridized carbons (Fsp3) is 0.267. The normalized spacial score (nSPS) is 11.6. The first kappa shape index (κ1) is 16.7. The molecule has 1 N–H and O–H groups in total. The zero-order valence-corrected chi connectivity index (χ0v) is 14.1. The van der Waals surface area contributed by atoms with Crippen LogP contribution in [0.4, 0.5) is 5.69 Å². The second-order valence-corrected chi connectivity index (χ2v) is 7.30. The first-order valence-corrected chi connectivity index (χ1v) is 9.31. The van der Waals surface area contributed by atoms with Crippen molar-refractivity contribution in [3.05, 3.63) is 46.7 Å². The Balaban J connectivity index is 2.18. The van der Waals surface area contributed by atoms with Crippen LogP contribution in [0.2, 0.25) is 0 Å². The van der Waals surface area contributed by atoms with Gasteiger partial charge in [0.15, 0.2) is 0 Å². The number of benzene rings is 1. The number of hydrogen-bond donors (Lipinski definition) is 1. The molecule has 0 spiro atoms. The van der Waals surface area contributed by atoms with Crippen LogP contribution in [0.5, 0.6) is 0 Å². The van der Waals surface area contributed by atoms with Crippen LogP contribution in [0.15, 0.2) is 46.0 Å². The number of sulfonamides is 1. The molecule has 0 unspecified atom stereocenters. The summed E-state index contributed by atoms with van der Waals surface area (Å²) in [7, 11) is -3.49. The Bertz CT molecular complexity index is 719. The molecule has 0 aliphatic heterocycles. The van der Waals surface area contributed by atoms with Crippen LogP contribution >= 0.6 is 11.3 Å². The highest BCUT2D eigenvalue weighted by Gasteiger charge is 2.21. The maximum Gasteiger partial charge on any atom is 0.255 e. The molecule has 7 heteroatoms. The summed E-state index contributed by atoms with van der Waals surface area (Å²) < 4.78 is 26.1. The number of rotatable bonds is 6. The van der Waals surface area contributed by atoms with Crippen molar-refractivity contribution in [1.82, 2.24) is 4.31 Å². The van der Waals surface area contributed by atoms with E-state index in [1.165, 1.54) is 39.9 Å². The Morgan fingerprint density at radius 3 is 2.27 bits per heavy atom. The molecule has 1 aromatic carbocycles. The van der Waals surface area contributed by atoms with E-state index in [-0.39, 0.29) is 10.8 Å². The molecular formula is C15H18N2O3S2. The predicted octanol–water partition coefficient (Wildman–Crippen LogP) is 3.03. The number of hydrogen-bond acceptors (Lipinski definition) is 4. The van der Waals surface area contributed by atoms with Gasteiger partial charge in [-0.25, -0.2) is 8.42 Å². The number of carbonyl (C=O) groups excluding carboxylic acids is 1. The fourth-order valence-electron chi connectivity index (χ4n) is 2.03. The van der Waals surface area contributed by atoms with Crippen molar-refractivity contribution in [2.24, 2.45) is 0 Å². The lowest BCUT2D eigenvalue weighted by atomic mass is 10.2. The average Bonchev–Trinajstić information content (AvgIpc) is 3.01. The zero-order valence-electron chi connectivity index (χ0n) is 12.4. The topological polar surface area (TPSA) is 66.5 Å². The van der Waals surface area contributed by atoms with Crippen LogP contribution in [0.1, 0.15) is 24.2 Å². The van der Waals surface area contributed by atoms with E-state index in [0.717, 1.165) is 5.69 Å². The lowest BCUT2D eigenvalue weighted by Crippen LogP contribution is -2.30. The minimum absolute atomic E-state index is 0.197. The Morgan fingerprint density at radius 2 is 1.77 bits per heavy atom. The van der Waals surface area contributed by atoms with E-state index in [0.29, 0.717) is 18.7 Å². The molecule has 0 saturated heterocycles. The minimum Gasteiger partial charge on any atom is -0.321 e. The lowest BCUT2D eigenvalue weighted by Gasteiger charge is -2.18. The van der Waals surface area contributed by atoms with Gasteiger partial charge in [-0.3, -0.25) is 4.79 Å². The second kappa shape index (κ2) is 7.04. The Hall–Kier alpha value is -1.70. The van der Waals surface area contributed by atoms with Crippen molar-refractivity contribution in [1.29, 1.82) is 0 Å². The van der Waals surface area contributed by atoms with E-state index >= 15 is 0 Å². The number of nitrogens with zero attached hydrogens (tertiary/aromatic N) is 1. The molecule has 0 radical (unpaired) electrons. The highest BCUT2D eigenvalue weighted by molar-refractivity contribution is 7.89. The third-order valence-corrected chi connectivity index (χ3v) is 5.99. The molecule has 2 rings (SSSR count). The Kier molecular flexibility index (Phi) is 5.33. The van der Waals surface area contributed by atoms with E-state index in [1.807, 2.05) is 16.8 Å². The van der Waals surface area contributed by atoms with Crippen LogP contribution < -0.4 is 5.32 Å². The van der Waals surface area contributed by atoms with Crippen molar-refractivity contribution in [2.75, 3.05) is 18.4 Å². The van der Waals surface area contributed by atoms with Crippen molar-refractivity contribution in [3.8, 4) is 0 Å². The fourth-order valence-corrected chi connectivity index (χ4v) is 4.08. The van der Waals surface area contributed by atoms with Gasteiger partial charge < -0.3 is 5.32 Å². The summed E-state index contributed by atoms with van der Waals surface area (Å²) in [5, 5.41) is 6.45.